The van der Waals surface area contributed by atoms with Crippen LogP contribution in [0.25, 0.3) is 0 Å². The Morgan fingerprint density at radius 2 is 1.92 bits per heavy atom. The lowest BCUT2D eigenvalue weighted by molar-refractivity contribution is 0.431. The highest BCUT2D eigenvalue weighted by Crippen LogP contribution is 2.40. The van der Waals surface area contributed by atoms with Gasteiger partial charge in [0.05, 0.1) is 6.54 Å². The molecule has 0 saturated heterocycles. The molecule has 0 aliphatic heterocycles. The van der Waals surface area contributed by atoms with Crippen molar-refractivity contribution in [2.24, 2.45) is 4.99 Å². The number of guanidine groups is 1. The molecule has 0 bridgehead atoms. The molecule has 0 atom stereocenters. The van der Waals surface area contributed by atoms with Crippen molar-refractivity contribution >= 4 is 41.3 Å². The summed E-state index contributed by atoms with van der Waals surface area (Å²) in [6.45, 7) is 3.53. The summed E-state index contributed by atoms with van der Waals surface area (Å²) in [6.07, 6.45) is 6.55. The van der Waals surface area contributed by atoms with Crippen LogP contribution in [0.5, 0.6) is 0 Å². The number of nitrogens with zero attached hydrogens (tertiary/aromatic N) is 2. The van der Waals surface area contributed by atoms with E-state index in [-0.39, 0.29) is 35.2 Å². The van der Waals surface area contributed by atoms with Gasteiger partial charge in [0.2, 0.25) is 0 Å². The van der Waals surface area contributed by atoms with Crippen molar-refractivity contribution < 1.29 is 4.39 Å². The average molecular weight is 488 g/mol. The van der Waals surface area contributed by atoms with E-state index >= 15 is 0 Å². The van der Waals surface area contributed by atoms with Crippen LogP contribution in [-0.4, -0.2) is 24.5 Å². The van der Waals surface area contributed by atoms with Crippen molar-refractivity contribution in [3.63, 3.8) is 0 Å². The second kappa shape index (κ2) is 9.64. The molecule has 26 heavy (non-hydrogen) atoms. The molecule has 142 valence electrons. The van der Waals surface area contributed by atoms with Gasteiger partial charge in [-0.2, -0.15) is 0 Å². The van der Waals surface area contributed by atoms with Crippen LogP contribution in [0, 0.1) is 12.7 Å². The number of aryl methyl sites for hydroxylation is 1. The molecule has 1 aromatic carbocycles. The molecular formula is C19H26FIN4S. The standard InChI is InChI=1S/C19H25FN4S.HI/c1-14-11-22-17(25-14)12-23-18(21-2)24-13-19(9-3-4-10-19)15-5-7-16(20)8-6-15;/h5-8,11H,3-4,9-10,12-13H2,1-2H3,(H2,21,23,24);1H. The van der Waals surface area contributed by atoms with E-state index in [9.17, 15) is 4.39 Å². The fraction of sp³-hybridized carbons (Fsp3) is 0.474. The van der Waals surface area contributed by atoms with Gasteiger partial charge in [-0.05, 0) is 37.5 Å². The summed E-state index contributed by atoms with van der Waals surface area (Å²) in [5.41, 5.74) is 1.27. The summed E-state index contributed by atoms with van der Waals surface area (Å²) in [4.78, 5) is 9.90. The predicted octanol–water partition coefficient (Wildman–Crippen LogP) is 4.39. The van der Waals surface area contributed by atoms with Gasteiger partial charge < -0.3 is 10.6 Å². The number of nitrogens with one attached hydrogen (secondary N) is 2. The van der Waals surface area contributed by atoms with Gasteiger partial charge in [0.25, 0.3) is 0 Å². The van der Waals surface area contributed by atoms with Crippen LogP contribution in [0.1, 0.15) is 41.1 Å². The lowest BCUT2D eigenvalue weighted by atomic mass is 9.79. The summed E-state index contributed by atoms with van der Waals surface area (Å²) in [5.74, 6) is 0.599. The molecule has 1 aliphatic carbocycles. The Morgan fingerprint density at radius 1 is 1.23 bits per heavy atom. The molecule has 1 aromatic heterocycles. The van der Waals surface area contributed by atoms with Crippen molar-refractivity contribution in [2.75, 3.05) is 13.6 Å². The van der Waals surface area contributed by atoms with E-state index in [0.717, 1.165) is 30.4 Å². The first kappa shape index (κ1) is 21.1. The van der Waals surface area contributed by atoms with Gasteiger partial charge in [0, 0.05) is 30.1 Å². The summed E-state index contributed by atoms with van der Waals surface area (Å²) in [5, 5.41) is 7.84. The number of thiazole rings is 1. The quantitative estimate of drug-likeness (QED) is 0.373. The molecule has 1 heterocycles. The van der Waals surface area contributed by atoms with Gasteiger partial charge in [0.15, 0.2) is 5.96 Å². The van der Waals surface area contributed by atoms with E-state index < -0.39 is 0 Å². The Kier molecular flexibility index (Phi) is 7.82. The van der Waals surface area contributed by atoms with Crippen LogP contribution in [0.2, 0.25) is 0 Å². The molecule has 3 rings (SSSR count). The lowest BCUT2D eigenvalue weighted by Crippen LogP contribution is -2.44. The number of rotatable bonds is 5. The SMILES string of the molecule is CN=C(NCc1ncc(C)s1)NCC1(c2ccc(F)cc2)CCCC1.I. The van der Waals surface area contributed by atoms with Crippen LogP contribution in [0.15, 0.2) is 35.5 Å². The molecule has 0 amide bonds. The Balaban J connectivity index is 0.00000243. The average Bonchev–Trinajstić information content (AvgIpc) is 3.25. The molecule has 7 heteroatoms. The summed E-state index contributed by atoms with van der Waals surface area (Å²) in [7, 11) is 1.78. The minimum absolute atomic E-state index is 0. The van der Waals surface area contributed by atoms with Crippen molar-refractivity contribution in [2.45, 2.75) is 44.6 Å². The summed E-state index contributed by atoms with van der Waals surface area (Å²) >= 11 is 1.69. The van der Waals surface area contributed by atoms with Gasteiger partial charge in [-0.25, -0.2) is 9.37 Å². The van der Waals surface area contributed by atoms with Crippen LogP contribution < -0.4 is 10.6 Å². The highest BCUT2D eigenvalue weighted by Gasteiger charge is 2.35. The summed E-state index contributed by atoms with van der Waals surface area (Å²) < 4.78 is 13.3. The van der Waals surface area contributed by atoms with Gasteiger partial charge >= 0.3 is 0 Å². The Morgan fingerprint density at radius 3 is 2.50 bits per heavy atom. The number of benzene rings is 1. The Bertz CT molecular complexity index is 723. The third-order valence-electron chi connectivity index (χ3n) is 4.91. The highest BCUT2D eigenvalue weighted by atomic mass is 127. The first-order valence-corrected chi connectivity index (χ1v) is 9.55. The van der Waals surface area contributed by atoms with Crippen LogP contribution >= 0.6 is 35.3 Å². The lowest BCUT2D eigenvalue weighted by Gasteiger charge is -2.30. The molecule has 4 nitrogen and oxygen atoms in total. The minimum Gasteiger partial charge on any atom is -0.356 e. The first-order chi connectivity index (χ1) is 12.1. The van der Waals surface area contributed by atoms with Gasteiger partial charge in [0.1, 0.15) is 10.8 Å². The van der Waals surface area contributed by atoms with Crippen LogP contribution in [0.3, 0.4) is 0 Å². The van der Waals surface area contributed by atoms with Crippen molar-refractivity contribution in [3.05, 3.63) is 51.7 Å². The largest absolute Gasteiger partial charge is 0.356 e. The van der Waals surface area contributed by atoms with Gasteiger partial charge in [-0.3, -0.25) is 4.99 Å². The predicted molar refractivity (Wildman–Crippen MR) is 117 cm³/mol. The van der Waals surface area contributed by atoms with Crippen molar-refractivity contribution in [3.8, 4) is 0 Å². The second-order valence-electron chi connectivity index (χ2n) is 6.64. The summed E-state index contributed by atoms with van der Waals surface area (Å²) in [6, 6.07) is 6.98. The number of aromatic nitrogens is 1. The van der Waals surface area contributed by atoms with Crippen LogP contribution in [0.4, 0.5) is 4.39 Å². The van der Waals surface area contributed by atoms with Crippen LogP contribution in [-0.2, 0) is 12.0 Å². The number of halogens is 2. The van der Waals surface area contributed by atoms with Crippen molar-refractivity contribution in [1.82, 2.24) is 15.6 Å². The maximum absolute atomic E-state index is 13.3. The molecule has 0 spiro atoms. The minimum atomic E-state index is -0.180. The third kappa shape index (κ3) is 5.16. The molecule has 2 N–H and O–H groups in total. The molecule has 1 saturated carbocycles. The molecule has 1 fully saturated rings. The maximum Gasteiger partial charge on any atom is 0.191 e. The molecule has 0 unspecified atom stereocenters. The Labute approximate surface area is 175 Å². The number of hydrogen-bond donors (Lipinski definition) is 2. The normalized spacial score (nSPS) is 16.2. The number of aliphatic imine (C=N–C) groups is 1. The molecule has 1 aliphatic rings. The molecular weight excluding hydrogens is 462 g/mol. The van der Waals surface area contributed by atoms with Crippen molar-refractivity contribution in [1.29, 1.82) is 0 Å². The van der Waals surface area contributed by atoms with E-state index in [1.165, 1.54) is 23.3 Å². The molecule has 2 aromatic rings. The van der Waals surface area contributed by atoms with E-state index in [2.05, 4.69) is 27.5 Å². The fourth-order valence-electron chi connectivity index (χ4n) is 3.54. The van der Waals surface area contributed by atoms with E-state index in [0.29, 0.717) is 6.54 Å². The smallest absolute Gasteiger partial charge is 0.191 e. The number of hydrogen-bond acceptors (Lipinski definition) is 3. The first-order valence-electron chi connectivity index (χ1n) is 8.73. The highest BCUT2D eigenvalue weighted by molar-refractivity contribution is 14.0. The van der Waals surface area contributed by atoms with E-state index in [1.54, 1.807) is 30.5 Å². The van der Waals surface area contributed by atoms with Gasteiger partial charge in [-0.15, -0.1) is 35.3 Å². The van der Waals surface area contributed by atoms with Gasteiger partial charge in [-0.1, -0.05) is 25.0 Å². The monoisotopic (exact) mass is 488 g/mol. The molecule has 0 radical (unpaired) electrons. The topological polar surface area (TPSA) is 49.3 Å². The fourth-order valence-corrected chi connectivity index (χ4v) is 4.27. The zero-order chi connectivity index (χ0) is 17.7. The maximum atomic E-state index is 13.3. The second-order valence-corrected chi connectivity index (χ2v) is 7.96. The van der Waals surface area contributed by atoms with E-state index in [1.807, 2.05) is 18.3 Å². The van der Waals surface area contributed by atoms with E-state index in [4.69, 9.17) is 0 Å². The zero-order valence-electron chi connectivity index (χ0n) is 15.2. The third-order valence-corrected chi connectivity index (χ3v) is 5.82. The Hall–Kier alpha value is -1.22. The zero-order valence-corrected chi connectivity index (χ0v) is 18.4.